The maximum atomic E-state index is 11.0. The molecule has 0 atom stereocenters. The molecule has 2 aromatic rings. The topological polar surface area (TPSA) is 89.7 Å². The third-order valence-electron chi connectivity index (χ3n) is 2.53. The van der Waals surface area contributed by atoms with Gasteiger partial charge in [0.1, 0.15) is 10.8 Å². The number of rotatable bonds is 4. The SMILES string of the molecule is O=C(O)c1ccc(Br)c(Oc2cccc(Cl)c2[N+](=O)[O-])c1. The van der Waals surface area contributed by atoms with Gasteiger partial charge in [0.05, 0.1) is 15.0 Å². The smallest absolute Gasteiger partial charge is 0.335 e. The Bertz CT molecular complexity index is 734. The average molecular weight is 373 g/mol. The minimum atomic E-state index is -1.13. The van der Waals surface area contributed by atoms with Gasteiger partial charge in [-0.25, -0.2) is 4.79 Å². The number of nitro groups is 1. The van der Waals surface area contributed by atoms with Crippen molar-refractivity contribution in [2.75, 3.05) is 0 Å². The number of carbonyl (C=O) groups is 1. The van der Waals surface area contributed by atoms with Crippen LogP contribution in [0.1, 0.15) is 10.4 Å². The number of halogens is 2. The van der Waals surface area contributed by atoms with E-state index >= 15 is 0 Å². The van der Waals surface area contributed by atoms with Crippen molar-refractivity contribution < 1.29 is 19.6 Å². The van der Waals surface area contributed by atoms with Gasteiger partial charge in [0, 0.05) is 0 Å². The second kappa shape index (κ2) is 6.11. The van der Waals surface area contributed by atoms with Crippen molar-refractivity contribution in [1.29, 1.82) is 0 Å². The van der Waals surface area contributed by atoms with E-state index in [-0.39, 0.29) is 27.8 Å². The maximum absolute atomic E-state index is 11.0. The van der Waals surface area contributed by atoms with E-state index in [2.05, 4.69) is 15.9 Å². The summed E-state index contributed by atoms with van der Waals surface area (Å²) in [6.45, 7) is 0. The van der Waals surface area contributed by atoms with E-state index in [0.717, 1.165) is 0 Å². The molecule has 0 unspecified atom stereocenters. The van der Waals surface area contributed by atoms with E-state index in [1.165, 1.54) is 36.4 Å². The van der Waals surface area contributed by atoms with Crippen LogP contribution in [0.3, 0.4) is 0 Å². The lowest BCUT2D eigenvalue weighted by atomic mass is 10.2. The van der Waals surface area contributed by atoms with Crippen LogP contribution in [-0.4, -0.2) is 16.0 Å². The molecule has 2 aromatic carbocycles. The van der Waals surface area contributed by atoms with Crippen LogP contribution in [-0.2, 0) is 0 Å². The number of hydrogen-bond acceptors (Lipinski definition) is 4. The molecule has 0 spiro atoms. The van der Waals surface area contributed by atoms with Gasteiger partial charge in [0.15, 0.2) is 0 Å². The van der Waals surface area contributed by atoms with Gasteiger partial charge in [-0.1, -0.05) is 17.7 Å². The molecule has 0 saturated carbocycles. The van der Waals surface area contributed by atoms with E-state index in [4.69, 9.17) is 21.4 Å². The van der Waals surface area contributed by atoms with Crippen LogP contribution in [0.5, 0.6) is 11.5 Å². The zero-order chi connectivity index (χ0) is 15.6. The van der Waals surface area contributed by atoms with Crippen molar-refractivity contribution in [2.45, 2.75) is 0 Å². The van der Waals surface area contributed by atoms with Crippen molar-refractivity contribution >= 4 is 39.2 Å². The normalized spacial score (nSPS) is 10.2. The van der Waals surface area contributed by atoms with Crippen LogP contribution >= 0.6 is 27.5 Å². The van der Waals surface area contributed by atoms with Gasteiger partial charge in [-0.05, 0) is 46.3 Å². The van der Waals surface area contributed by atoms with Gasteiger partial charge in [0.25, 0.3) is 0 Å². The van der Waals surface area contributed by atoms with Gasteiger partial charge < -0.3 is 9.84 Å². The van der Waals surface area contributed by atoms with Crippen LogP contribution in [0.2, 0.25) is 5.02 Å². The van der Waals surface area contributed by atoms with Gasteiger partial charge >= 0.3 is 11.7 Å². The predicted molar refractivity (Wildman–Crippen MR) is 79.3 cm³/mol. The number of carboxylic acid groups (broad SMARTS) is 1. The fourth-order valence-electron chi connectivity index (χ4n) is 1.59. The summed E-state index contributed by atoms with van der Waals surface area (Å²) in [5.74, 6) is -1.07. The number of nitro benzene ring substituents is 1. The summed E-state index contributed by atoms with van der Waals surface area (Å²) in [5, 5.41) is 19.9. The highest BCUT2D eigenvalue weighted by molar-refractivity contribution is 9.10. The third kappa shape index (κ3) is 3.32. The first-order valence-corrected chi connectivity index (χ1v) is 6.71. The summed E-state index contributed by atoms with van der Waals surface area (Å²) in [6, 6.07) is 8.37. The quantitative estimate of drug-likeness (QED) is 0.630. The molecule has 0 aromatic heterocycles. The first kappa shape index (κ1) is 15.3. The highest BCUT2D eigenvalue weighted by Gasteiger charge is 2.21. The molecule has 6 nitrogen and oxygen atoms in total. The summed E-state index contributed by atoms with van der Waals surface area (Å²) in [6.07, 6.45) is 0. The molecule has 0 aliphatic carbocycles. The lowest BCUT2D eigenvalue weighted by Crippen LogP contribution is -1.98. The molecule has 0 amide bonds. The Kier molecular flexibility index (Phi) is 4.44. The average Bonchev–Trinajstić information content (AvgIpc) is 2.40. The Morgan fingerprint density at radius 3 is 2.62 bits per heavy atom. The minimum Gasteiger partial charge on any atom is -0.478 e. The van der Waals surface area contributed by atoms with Crippen molar-refractivity contribution in [2.24, 2.45) is 0 Å². The molecule has 108 valence electrons. The van der Waals surface area contributed by atoms with Crippen molar-refractivity contribution in [3.8, 4) is 11.5 Å². The van der Waals surface area contributed by atoms with Crippen LogP contribution < -0.4 is 4.74 Å². The monoisotopic (exact) mass is 371 g/mol. The zero-order valence-electron chi connectivity index (χ0n) is 10.2. The van der Waals surface area contributed by atoms with Crippen molar-refractivity contribution in [3.63, 3.8) is 0 Å². The number of hydrogen-bond donors (Lipinski definition) is 1. The summed E-state index contributed by atoms with van der Waals surface area (Å²) in [5.41, 5.74) is -0.385. The number of aromatic carboxylic acids is 1. The van der Waals surface area contributed by atoms with E-state index in [1.807, 2.05) is 0 Å². The second-order valence-electron chi connectivity index (χ2n) is 3.90. The number of ether oxygens (including phenoxy) is 1. The Morgan fingerprint density at radius 2 is 2.00 bits per heavy atom. The first-order valence-electron chi connectivity index (χ1n) is 5.53. The zero-order valence-corrected chi connectivity index (χ0v) is 12.6. The molecular weight excluding hydrogens is 366 g/mol. The Balaban J connectivity index is 2.48. The number of carboxylic acids is 1. The van der Waals surface area contributed by atoms with E-state index in [0.29, 0.717) is 4.47 Å². The van der Waals surface area contributed by atoms with Crippen molar-refractivity contribution in [3.05, 3.63) is 61.6 Å². The summed E-state index contributed by atoms with van der Waals surface area (Å²) >= 11 is 8.98. The lowest BCUT2D eigenvalue weighted by Gasteiger charge is -2.09. The lowest BCUT2D eigenvalue weighted by molar-refractivity contribution is -0.385. The maximum Gasteiger partial charge on any atom is 0.335 e. The molecular formula is C13H7BrClNO5. The number of nitrogens with zero attached hydrogens (tertiary/aromatic N) is 1. The van der Waals surface area contributed by atoms with Gasteiger partial charge in [-0.2, -0.15) is 0 Å². The molecule has 1 N–H and O–H groups in total. The molecule has 0 radical (unpaired) electrons. The molecule has 0 fully saturated rings. The fourth-order valence-corrected chi connectivity index (χ4v) is 2.15. The number of benzene rings is 2. The first-order chi connectivity index (χ1) is 9.90. The van der Waals surface area contributed by atoms with Crippen LogP contribution in [0.15, 0.2) is 40.9 Å². The second-order valence-corrected chi connectivity index (χ2v) is 5.16. The fraction of sp³-hybridized carbons (Fsp3) is 0. The van der Waals surface area contributed by atoms with Crippen LogP contribution in [0.4, 0.5) is 5.69 Å². The summed E-state index contributed by atoms with van der Waals surface area (Å²) < 4.78 is 5.90. The highest BCUT2D eigenvalue weighted by Crippen LogP contribution is 2.39. The molecule has 2 rings (SSSR count). The van der Waals surface area contributed by atoms with E-state index in [1.54, 1.807) is 0 Å². The Hall–Kier alpha value is -2.12. The molecule has 0 aliphatic heterocycles. The minimum absolute atomic E-state index is 0.00196. The molecule has 21 heavy (non-hydrogen) atoms. The largest absolute Gasteiger partial charge is 0.478 e. The Labute approximate surface area is 132 Å². The van der Waals surface area contributed by atoms with E-state index in [9.17, 15) is 14.9 Å². The third-order valence-corrected chi connectivity index (χ3v) is 3.49. The summed E-state index contributed by atoms with van der Waals surface area (Å²) in [4.78, 5) is 21.3. The van der Waals surface area contributed by atoms with Gasteiger partial charge in [0.2, 0.25) is 5.75 Å². The molecule has 8 heteroatoms. The highest BCUT2D eigenvalue weighted by atomic mass is 79.9. The predicted octanol–water partition coefficient (Wildman–Crippen LogP) is 4.50. The van der Waals surface area contributed by atoms with Crippen molar-refractivity contribution in [1.82, 2.24) is 0 Å². The van der Waals surface area contributed by atoms with E-state index < -0.39 is 10.9 Å². The molecule has 0 aliphatic rings. The molecule has 0 saturated heterocycles. The van der Waals surface area contributed by atoms with Crippen LogP contribution in [0, 0.1) is 10.1 Å². The Morgan fingerprint density at radius 1 is 1.29 bits per heavy atom. The summed E-state index contributed by atoms with van der Waals surface area (Å²) in [7, 11) is 0. The van der Waals surface area contributed by atoms with Crippen LogP contribution in [0.25, 0.3) is 0 Å². The number of para-hydroxylation sites is 1. The standard InChI is InChI=1S/C13H7BrClNO5/c14-8-5-4-7(13(17)18)6-11(8)21-10-3-1-2-9(15)12(10)16(19)20/h1-6H,(H,17,18). The van der Waals surface area contributed by atoms with Gasteiger partial charge in [-0.3, -0.25) is 10.1 Å². The molecule has 0 bridgehead atoms. The van der Waals surface area contributed by atoms with Gasteiger partial charge in [-0.15, -0.1) is 0 Å². The molecule has 0 heterocycles.